The monoisotopic (exact) mass is 333 g/mol. The van der Waals surface area contributed by atoms with Gasteiger partial charge in [-0.05, 0) is 29.8 Å². The van der Waals surface area contributed by atoms with Crippen LogP contribution in [0.5, 0.6) is 0 Å². The van der Waals surface area contributed by atoms with E-state index < -0.39 is 0 Å². The highest BCUT2D eigenvalue weighted by Crippen LogP contribution is 2.29. The molecule has 0 aliphatic heterocycles. The van der Waals surface area contributed by atoms with Gasteiger partial charge >= 0.3 is 0 Å². The molecule has 0 fully saturated rings. The van der Waals surface area contributed by atoms with E-state index in [1.807, 2.05) is 29.8 Å². The van der Waals surface area contributed by atoms with Gasteiger partial charge in [0.15, 0.2) is 0 Å². The number of hydrogen-bond donors (Lipinski definition) is 1. The average molecular weight is 334 g/mol. The number of aryl methyl sites for hydroxylation is 1. The van der Waals surface area contributed by atoms with Crippen molar-refractivity contribution in [2.45, 2.75) is 6.54 Å². The van der Waals surface area contributed by atoms with Gasteiger partial charge in [0.05, 0.1) is 16.6 Å². The molecule has 5 heteroatoms. The highest BCUT2D eigenvalue weighted by molar-refractivity contribution is 9.10. The summed E-state index contributed by atoms with van der Waals surface area (Å²) >= 11 is 3.37. The van der Waals surface area contributed by atoms with Gasteiger partial charge in [0, 0.05) is 18.1 Å². The molecule has 0 aliphatic carbocycles. The van der Waals surface area contributed by atoms with Gasteiger partial charge in [-0.15, -0.1) is 0 Å². The molecular formula is C15H13BrFN3. The van der Waals surface area contributed by atoms with Crippen LogP contribution >= 0.6 is 15.9 Å². The van der Waals surface area contributed by atoms with Crippen molar-refractivity contribution < 1.29 is 4.39 Å². The third kappa shape index (κ3) is 2.03. The Kier molecular flexibility index (Phi) is 3.31. The first-order valence-electron chi connectivity index (χ1n) is 6.21. The zero-order valence-electron chi connectivity index (χ0n) is 10.9. The normalized spacial score (nSPS) is 11.2. The minimum atomic E-state index is -0.291. The van der Waals surface area contributed by atoms with Crippen LogP contribution in [0.4, 0.5) is 4.39 Å². The molecule has 0 saturated heterocycles. The van der Waals surface area contributed by atoms with E-state index in [9.17, 15) is 4.39 Å². The summed E-state index contributed by atoms with van der Waals surface area (Å²) in [5.41, 5.74) is 8.94. The summed E-state index contributed by atoms with van der Waals surface area (Å²) in [6, 6.07) is 10.7. The lowest BCUT2D eigenvalue weighted by Crippen LogP contribution is -1.97. The first kappa shape index (κ1) is 13.3. The molecule has 2 aromatic carbocycles. The fourth-order valence-corrected chi connectivity index (χ4v) is 2.71. The third-order valence-electron chi connectivity index (χ3n) is 3.38. The van der Waals surface area contributed by atoms with Crippen LogP contribution in [-0.2, 0) is 13.6 Å². The number of rotatable bonds is 2. The van der Waals surface area contributed by atoms with Crippen molar-refractivity contribution in [1.82, 2.24) is 9.55 Å². The van der Waals surface area contributed by atoms with E-state index in [0.29, 0.717) is 17.9 Å². The van der Waals surface area contributed by atoms with Crippen molar-refractivity contribution in [2.75, 3.05) is 0 Å². The topological polar surface area (TPSA) is 43.8 Å². The lowest BCUT2D eigenvalue weighted by molar-refractivity contribution is 0.628. The van der Waals surface area contributed by atoms with Crippen LogP contribution < -0.4 is 5.73 Å². The highest BCUT2D eigenvalue weighted by atomic mass is 79.9. The van der Waals surface area contributed by atoms with Crippen molar-refractivity contribution in [1.29, 1.82) is 0 Å². The van der Waals surface area contributed by atoms with Gasteiger partial charge in [0.1, 0.15) is 11.6 Å². The second-order valence-electron chi connectivity index (χ2n) is 4.61. The molecule has 102 valence electrons. The maximum Gasteiger partial charge on any atom is 0.143 e. The minimum absolute atomic E-state index is 0.291. The van der Waals surface area contributed by atoms with Gasteiger partial charge in [0.2, 0.25) is 0 Å². The van der Waals surface area contributed by atoms with Crippen LogP contribution in [0.2, 0.25) is 0 Å². The van der Waals surface area contributed by atoms with Gasteiger partial charge in [0.25, 0.3) is 0 Å². The summed E-state index contributed by atoms with van der Waals surface area (Å²) in [7, 11) is 1.88. The lowest BCUT2D eigenvalue weighted by atomic mass is 10.2. The van der Waals surface area contributed by atoms with Gasteiger partial charge in [-0.25, -0.2) is 9.37 Å². The van der Waals surface area contributed by atoms with Crippen LogP contribution in [0.25, 0.3) is 22.4 Å². The fraction of sp³-hybridized carbons (Fsp3) is 0.133. The molecule has 0 aliphatic rings. The van der Waals surface area contributed by atoms with E-state index in [1.54, 1.807) is 12.1 Å². The minimum Gasteiger partial charge on any atom is -0.327 e. The second-order valence-corrected chi connectivity index (χ2v) is 5.52. The first-order chi connectivity index (χ1) is 9.61. The van der Waals surface area contributed by atoms with E-state index in [0.717, 1.165) is 21.1 Å². The number of hydrogen-bond acceptors (Lipinski definition) is 2. The van der Waals surface area contributed by atoms with Crippen molar-refractivity contribution >= 4 is 27.0 Å². The number of para-hydroxylation sites is 1. The Labute approximate surface area is 124 Å². The molecule has 3 rings (SSSR count). The standard InChI is InChI=1S/C15H13BrFN3/c1-20-13-4-2-3-9(8-18)14(13)19-15(20)11-7-10(16)5-6-12(11)17/h2-7H,8,18H2,1H3. The first-order valence-corrected chi connectivity index (χ1v) is 7.01. The molecule has 0 saturated carbocycles. The fourth-order valence-electron chi connectivity index (χ4n) is 2.35. The van der Waals surface area contributed by atoms with Crippen molar-refractivity contribution in [3.05, 3.63) is 52.3 Å². The van der Waals surface area contributed by atoms with Crippen molar-refractivity contribution in [3.63, 3.8) is 0 Å². The maximum absolute atomic E-state index is 14.0. The third-order valence-corrected chi connectivity index (χ3v) is 3.88. The van der Waals surface area contributed by atoms with Gasteiger partial charge in [-0.1, -0.05) is 28.1 Å². The summed E-state index contributed by atoms with van der Waals surface area (Å²) in [6.45, 7) is 0.411. The smallest absolute Gasteiger partial charge is 0.143 e. The summed E-state index contributed by atoms with van der Waals surface area (Å²) in [5, 5.41) is 0. The quantitative estimate of drug-likeness (QED) is 0.778. The van der Waals surface area contributed by atoms with Gasteiger partial charge < -0.3 is 10.3 Å². The Bertz CT molecular complexity index is 795. The molecule has 2 N–H and O–H groups in total. The molecule has 1 heterocycles. The predicted octanol–water partition coefficient (Wildman–Crippen LogP) is 3.60. The summed E-state index contributed by atoms with van der Waals surface area (Å²) in [6.07, 6.45) is 0. The Morgan fingerprint density at radius 3 is 2.85 bits per heavy atom. The van der Waals surface area contributed by atoms with Gasteiger partial charge in [-0.2, -0.15) is 0 Å². The number of fused-ring (bicyclic) bond motifs is 1. The SMILES string of the molecule is Cn1c(-c2cc(Br)ccc2F)nc2c(CN)cccc21. The summed E-state index contributed by atoms with van der Waals surface area (Å²) in [4.78, 5) is 4.58. The number of nitrogens with two attached hydrogens (primary N) is 1. The van der Waals surface area contributed by atoms with E-state index in [1.165, 1.54) is 6.07 Å². The van der Waals surface area contributed by atoms with Crippen LogP contribution in [0.1, 0.15) is 5.56 Å². The van der Waals surface area contributed by atoms with Gasteiger partial charge in [-0.3, -0.25) is 0 Å². The maximum atomic E-state index is 14.0. The molecule has 20 heavy (non-hydrogen) atoms. The molecule has 0 radical (unpaired) electrons. The second kappa shape index (κ2) is 5.00. The predicted molar refractivity (Wildman–Crippen MR) is 81.7 cm³/mol. The average Bonchev–Trinajstić information content (AvgIpc) is 2.79. The Morgan fingerprint density at radius 1 is 1.30 bits per heavy atom. The molecule has 0 amide bonds. The number of nitrogens with zero attached hydrogens (tertiary/aromatic N) is 2. The Morgan fingerprint density at radius 2 is 2.10 bits per heavy atom. The van der Waals surface area contributed by atoms with E-state index in [4.69, 9.17) is 5.73 Å². The van der Waals surface area contributed by atoms with E-state index in [2.05, 4.69) is 20.9 Å². The molecule has 3 nitrogen and oxygen atoms in total. The zero-order chi connectivity index (χ0) is 14.3. The molecule has 0 unspecified atom stereocenters. The Balaban J connectivity index is 2.32. The van der Waals surface area contributed by atoms with Crippen LogP contribution in [0, 0.1) is 5.82 Å². The number of benzene rings is 2. The van der Waals surface area contributed by atoms with Crippen LogP contribution in [-0.4, -0.2) is 9.55 Å². The van der Waals surface area contributed by atoms with Crippen LogP contribution in [0.3, 0.4) is 0 Å². The zero-order valence-corrected chi connectivity index (χ0v) is 12.5. The van der Waals surface area contributed by atoms with Crippen molar-refractivity contribution in [2.24, 2.45) is 12.8 Å². The molecule has 3 aromatic rings. The lowest BCUT2D eigenvalue weighted by Gasteiger charge is -2.04. The molecule has 0 spiro atoms. The van der Waals surface area contributed by atoms with E-state index in [-0.39, 0.29) is 5.82 Å². The molecular weight excluding hydrogens is 321 g/mol. The summed E-state index contributed by atoms with van der Waals surface area (Å²) in [5.74, 6) is 0.306. The highest BCUT2D eigenvalue weighted by Gasteiger charge is 2.15. The van der Waals surface area contributed by atoms with Crippen LogP contribution in [0.15, 0.2) is 40.9 Å². The summed E-state index contributed by atoms with van der Waals surface area (Å²) < 4.78 is 16.8. The molecule has 1 aromatic heterocycles. The van der Waals surface area contributed by atoms with E-state index >= 15 is 0 Å². The largest absolute Gasteiger partial charge is 0.327 e. The molecule has 0 bridgehead atoms. The number of aromatic nitrogens is 2. The molecule has 0 atom stereocenters. The Hall–Kier alpha value is -1.72. The number of halogens is 2. The number of imidazole rings is 1. The van der Waals surface area contributed by atoms with Crippen molar-refractivity contribution in [3.8, 4) is 11.4 Å².